The maximum absolute atomic E-state index is 9.29. The minimum atomic E-state index is -0.0885. The van der Waals surface area contributed by atoms with Crippen LogP contribution < -0.4 is 5.32 Å². The lowest BCUT2D eigenvalue weighted by molar-refractivity contribution is -0.135. The summed E-state index contributed by atoms with van der Waals surface area (Å²) in [6, 6.07) is 2.13. The maximum Gasteiger partial charge on any atom is 0.123 e. The number of ether oxygens (including phenoxy) is 1. The first-order valence-corrected chi connectivity index (χ1v) is 5.63. The predicted molar refractivity (Wildman–Crippen MR) is 60.2 cm³/mol. The van der Waals surface area contributed by atoms with Gasteiger partial charge in [-0.1, -0.05) is 0 Å². The van der Waals surface area contributed by atoms with Crippen LogP contribution in [-0.4, -0.2) is 31.5 Å². The first-order valence-electron chi connectivity index (χ1n) is 5.63. The van der Waals surface area contributed by atoms with Crippen LogP contribution in [0.25, 0.3) is 0 Å². The quantitative estimate of drug-likeness (QED) is 0.792. The topological polar surface area (TPSA) is 54.6 Å². The molecule has 0 bridgehead atoms. The third-order valence-corrected chi connectivity index (χ3v) is 3.23. The molecule has 0 aliphatic carbocycles. The zero-order chi connectivity index (χ0) is 11.6. The summed E-state index contributed by atoms with van der Waals surface area (Å²) in [7, 11) is 0. The highest BCUT2D eigenvalue weighted by Gasteiger charge is 2.38. The van der Waals surface area contributed by atoms with E-state index in [4.69, 9.17) is 9.15 Å². The van der Waals surface area contributed by atoms with Crippen molar-refractivity contribution in [1.29, 1.82) is 0 Å². The second-order valence-electron chi connectivity index (χ2n) is 4.72. The number of aryl methyl sites for hydroxylation is 1. The van der Waals surface area contributed by atoms with Crippen molar-refractivity contribution in [2.75, 3.05) is 26.4 Å². The first-order chi connectivity index (χ1) is 7.67. The minimum absolute atomic E-state index is 0.0885. The lowest BCUT2D eigenvalue weighted by Crippen LogP contribution is -2.52. The van der Waals surface area contributed by atoms with Gasteiger partial charge < -0.3 is 19.6 Å². The van der Waals surface area contributed by atoms with Crippen molar-refractivity contribution < 1.29 is 14.3 Å². The standard InChI is InChI=1S/C12H19NO3/c1-9-3-4-16-11(9)10(2)13-5-12(6-14)7-15-8-12/h3-4,10,13-14H,5-8H2,1-2H3. The first kappa shape index (κ1) is 11.6. The lowest BCUT2D eigenvalue weighted by atomic mass is 9.86. The summed E-state index contributed by atoms with van der Waals surface area (Å²) >= 11 is 0. The molecule has 1 atom stereocenters. The number of nitrogens with one attached hydrogen (secondary N) is 1. The van der Waals surface area contributed by atoms with Gasteiger partial charge in [0.1, 0.15) is 5.76 Å². The number of rotatable bonds is 5. The Morgan fingerprint density at radius 1 is 1.56 bits per heavy atom. The summed E-state index contributed by atoms with van der Waals surface area (Å²) < 4.78 is 10.6. The van der Waals surface area contributed by atoms with Crippen LogP contribution >= 0.6 is 0 Å². The Labute approximate surface area is 95.6 Å². The molecule has 1 aliphatic rings. The molecule has 4 nitrogen and oxygen atoms in total. The minimum Gasteiger partial charge on any atom is -0.467 e. The van der Waals surface area contributed by atoms with E-state index in [1.54, 1.807) is 6.26 Å². The third kappa shape index (κ3) is 2.14. The van der Waals surface area contributed by atoms with Crippen molar-refractivity contribution in [1.82, 2.24) is 5.32 Å². The monoisotopic (exact) mass is 225 g/mol. The highest BCUT2D eigenvalue weighted by molar-refractivity contribution is 5.17. The molecule has 0 amide bonds. The van der Waals surface area contributed by atoms with Crippen LogP contribution in [0.4, 0.5) is 0 Å². The van der Waals surface area contributed by atoms with E-state index in [9.17, 15) is 5.11 Å². The third-order valence-electron chi connectivity index (χ3n) is 3.23. The highest BCUT2D eigenvalue weighted by atomic mass is 16.5. The van der Waals surface area contributed by atoms with E-state index in [0.29, 0.717) is 13.2 Å². The molecule has 1 aromatic heterocycles. The second kappa shape index (κ2) is 4.57. The molecule has 2 N–H and O–H groups in total. The zero-order valence-corrected chi connectivity index (χ0v) is 9.82. The van der Waals surface area contributed by atoms with E-state index >= 15 is 0 Å². The summed E-state index contributed by atoms with van der Waals surface area (Å²) in [5.74, 6) is 0.966. The molecule has 0 saturated carbocycles. The largest absolute Gasteiger partial charge is 0.467 e. The van der Waals surface area contributed by atoms with Gasteiger partial charge in [0.25, 0.3) is 0 Å². The van der Waals surface area contributed by atoms with Crippen LogP contribution in [0.3, 0.4) is 0 Å². The molecule has 1 fully saturated rings. The summed E-state index contributed by atoms with van der Waals surface area (Å²) in [4.78, 5) is 0. The molecular weight excluding hydrogens is 206 g/mol. The lowest BCUT2D eigenvalue weighted by Gasteiger charge is -2.40. The van der Waals surface area contributed by atoms with Crippen molar-refractivity contribution in [3.8, 4) is 0 Å². The van der Waals surface area contributed by atoms with Crippen LogP contribution in [0.15, 0.2) is 16.7 Å². The molecule has 2 heterocycles. The van der Waals surface area contributed by atoms with E-state index in [2.05, 4.69) is 12.2 Å². The zero-order valence-electron chi connectivity index (χ0n) is 9.82. The normalized spacial score (nSPS) is 20.4. The molecule has 90 valence electrons. The van der Waals surface area contributed by atoms with Crippen molar-refractivity contribution >= 4 is 0 Å². The van der Waals surface area contributed by atoms with Crippen LogP contribution in [0.5, 0.6) is 0 Å². The molecule has 1 aliphatic heterocycles. The summed E-state index contributed by atoms with van der Waals surface area (Å²) in [6.45, 7) is 6.30. The average Bonchev–Trinajstić information content (AvgIpc) is 2.63. The van der Waals surface area contributed by atoms with Gasteiger partial charge in [-0.2, -0.15) is 0 Å². The van der Waals surface area contributed by atoms with E-state index in [-0.39, 0.29) is 18.1 Å². The smallest absolute Gasteiger partial charge is 0.123 e. The van der Waals surface area contributed by atoms with Crippen molar-refractivity contribution in [2.24, 2.45) is 5.41 Å². The SMILES string of the molecule is Cc1ccoc1C(C)NCC1(CO)COC1. The molecule has 1 unspecified atom stereocenters. The van der Waals surface area contributed by atoms with Gasteiger partial charge >= 0.3 is 0 Å². The maximum atomic E-state index is 9.29. The van der Waals surface area contributed by atoms with Gasteiger partial charge in [0.05, 0.1) is 37.5 Å². The van der Waals surface area contributed by atoms with Gasteiger partial charge in [-0.15, -0.1) is 0 Å². The van der Waals surface area contributed by atoms with E-state index < -0.39 is 0 Å². The van der Waals surface area contributed by atoms with Crippen LogP contribution in [0.2, 0.25) is 0 Å². The van der Waals surface area contributed by atoms with E-state index in [0.717, 1.165) is 17.9 Å². The molecule has 1 saturated heterocycles. The number of aliphatic hydroxyl groups is 1. The van der Waals surface area contributed by atoms with Gasteiger partial charge in [-0.25, -0.2) is 0 Å². The fraction of sp³-hybridized carbons (Fsp3) is 0.667. The van der Waals surface area contributed by atoms with E-state index in [1.165, 1.54) is 0 Å². The average molecular weight is 225 g/mol. The molecule has 0 spiro atoms. The Hall–Kier alpha value is -0.840. The number of hydrogen-bond acceptors (Lipinski definition) is 4. The molecule has 4 heteroatoms. The van der Waals surface area contributed by atoms with Gasteiger partial charge in [-0.05, 0) is 25.5 Å². The van der Waals surface area contributed by atoms with Crippen molar-refractivity contribution in [3.63, 3.8) is 0 Å². The molecule has 1 aromatic rings. The Kier molecular flexibility index (Phi) is 3.33. The van der Waals surface area contributed by atoms with Gasteiger partial charge in [0.2, 0.25) is 0 Å². The van der Waals surface area contributed by atoms with Crippen LogP contribution in [-0.2, 0) is 4.74 Å². The summed E-state index contributed by atoms with van der Waals surface area (Å²) in [5.41, 5.74) is 1.07. The summed E-state index contributed by atoms with van der Waals surface area (Å²) in [5, 5.41) is 12.7. The molecule has 2 rings (SSSR count). The Balaban J connectivity index is 1.88. The molecule has 16 heavy (non-hydrogen) atoms. The van der Waals surface area contributed by atoms with Gasteiger partial charge in [-0.3, -0.25) is 0 Å². The second-order valence-corrected chi connectivity index (χ2v) is 4.72. The Bertz CT molecular complexity index is 338. The Morgan fingerprint density at radius 2 is 2.31 bits per heavy atom. The summed E-state index contributed by atoms with van der Waals surface area (Å²) in [6.07, 6.45) is 1.71. The molecule has 0 aromatic carbocycles. The van der Waals surface area contributed by atoms with Crippen molar-refractivity contribution in [3.05, 3.63) is 23.7 Å². The number of hydrogen-bond donors (Lipinski definition) is 2. The van der Waals surface area contributed by atoms with Gasteiger partial charge in [0, 0.05) is 6.54 Å². The fourth-order valence-corrected chi connectivity index (χ4v) is 1.93. The molecule has 0 radical (unpaired) electrons. The number of furan rings is 1. The highest BCUT2D eigenvalue weighted by Crippen LogP contribution is 2.27. The Morgan fingerprint density at radius 3 is 2.75 bits per heavy atom. The predicted octanol–water partition coefficient (Wildman–Crippen LogP) is 1.25. The van der Waals surface area contributed by atoms with Crippen LogP contribution in [0.1, 0.15) is 24.3 Å². The number of aliphatic hydroxyl groups excluding tert-OH is 1. The van der Waals surface area contributed by atoms with Crippen molar-refractivity contribution in [2.45, 2.75) is 19.9 Å². The van der Waals surface area contributed by atoms with Gasteiger partial charge in [0.15, 0.2) is 0 Å². The molecular formula is C12H19NO3. The van der Waals surface area contributed by atoms with Crippen LogP contribution in [0, 0.1) is 12.3 Å². The fourth-order valence-electron chi connectivity index (χ4n) is 1.93. The van der Waals surface area contributed by atoms with E-state index in [1.807, 2.05) is 13.0 Å².